The van der Waals surface area contributed by atoms with Crippen LogP contribution in [0.15, 0.2) is 24.3 Å². The molecule has 1 amide bonds. The van der Waals surface area contributed by atoms with Crippen molar-refractivity contribution >= 4 is 11.9 Å². The van der Waals surface area contributed by atoms with Crippen molar-refractivity contribution in [2.24, 2.45) is 5.92 Å². The van der Waals surface area contributed by atoms with Gasteiger partial charge in [0.15, 0.2) is 0 Å². The van der Waals surface area contributed by atoms with E-state index in [0.29, 0.717) is 12.0 Å². The second kappa shape index (κ2) is 7.10. The van der Waals surface area contributed by atoms with Gasteiger partial charge in [-0.05, 0) is 24.1 Å². The van der Waals surface area contributed by atoms with Gasteiger partial charge in [0, 0.05) is 6.54 Å². The van der Waals surface area contributed by atoms with E-state index in [9.17, 15) is 22.8 Å². The summed E-state index contributed by atoms with van der Waals surface area (Å²) in [5, 5.41) is 11.3. The van der Waals surface area contributed by atoms with Crippen molar-refractivity contribution in [2.75, 3.05) is 6.54 Å². The smallest absolute Gasteiger partial charge is 0.416 e. The highest BCUT2D eigenvalue weighted by molar-refractivity contribution is 5.79. The van der Waals surface area contributed by atoms with Crippen LogP contribution in [0.2, 0.25) is 0 Å². The van der Waals surface area contributed by atoms with Crippen molar-refractivity contribution < 1.29 is 27.9 Å². The van der Waals surface area contributed by atoms with Crippen molar-refractivity contribution in [2.45, 2.75) is 25.9 Å². The highest BCUT2D eigenvalue weighted by atomic mass is 19.4. The average Bonchev–Trinajstić information content (AvgIpc) is 2.38. The number of amides is 1. The minimum absolute atomic E-state index is 0.00526. The molecular weight excluding hydrogens is 287 g/mol. The predicted octanol–water partition coefficient (Wildman–Crippen LogP) is 2.47. The van der Waals surface area contributed by atoms with E-state index in [0.717, 1.165) is 12.1 Å². The molecule has 1 aromatic rings. The number of hydrogen-bond donors (Lipinski definition) is 2. The van der Waals surface area contributed by atoms with E-state index in [4.69, 9.17) is 5.11 Å². The molecule has 1 rings (SSSR count). The summed E-state index contributed by atoms with van der Waals surface area (Å²) in [6.07, 6.45) is -4.11. The molecule has 4 nitrogen and oxygen atoms in total. The molecule has 7 heteroatoms. The van der Waals surface area contributed by atoms with Gasteiger partial charge in [0.25, 0.3) is 0 Å². The lowest BCUT2D eigenvalue weighted by Crippen LogP contribution is -2.33. The number of hydrogen-bond acceptors (Lipinski definition) is 2. The summed E-state index contributed by atoms with van der Waals surface area (Å²) in [4.78, 5) is 22.4. The number of carboxylic acid groups (broad SMARTS) is 1. The molecule has 1 atom stereocenters. The molecule has 0 radical (unpaired) electrons. The molecule has 1 aromatic carbocycles. The Balaban J connectivity index is 2.54. The Bertz CT molecular complexity index is 497. The molecule has 21 heavy (non-hydrogen) atoms. The number of aliphatic carboxylic acids is 1. The highest BCUT2D eigenvalue weighted by Gasteiger charge is 2.29. The lowest BCUT2D eigenvalue weighted by Gasteiger charge is -2.11. The minimum atomic E-state index is -4.41. The molecule has 0 fully saturated rings. The Hall–Kier alpha value is -2.05. The van der Waals surface area contributed by atoms with Crippen LogP contribution in [-0.4, -0.2) is 23.5 Å². The fourth-order valence-electron chi connectivity index (χ4n) is 1.70. The maximum absolute atomic E-state index is 12.4. The number of carbonyl (C=O) groups excluding carboxylic acids is 1. The van der Waals surface area contributed by atoms with Crippen LogP contribution >= 0.6 is 0 Å². The van der Waals surface area contributed by atoms with Gasteiger partial charge in [0.2, 0.25) is 5.91 Å². The van der Waals surface area contributed by atoms with Gasteiger partial charge in [-0.2, -0.15) is 13.2 Å². The Kier molecular flexibility index (Phi) is 5.75. The Morgan fingerprint density at radius 2 is 1.81 bits per heavy atom. The molecule has 0 aromatic heterocycles. The van der Waals surface area contributed by atoms with E-state index in [1.165, 1.54) is 12.1 Å². The van der Waals surface area contributed by atoms with E-state index in [1.54, 1.807) is 6.92 Å². The van der Waals surface area contributed by atoms with Crippen LogP contribution in [0.4, 0.5) is 13.2 Å². The number of rotatable bonds is 6. The van der Waals surface area contributed by atoms with Gasteiger partial charge in [-0.25, -0.2) is 0 Å². The van der Waals surface area contributed by atoms with Crippen LogP contribution in [0.5, 0.6) is 0 Å². The van der Waals surface area contributed by atoms with E-state index < -0.39 is 29.5 Å². The van der Waals surface area contributed by atoms with E-state index in [2.05, 4.69) is 5.32 Å². The number of carboxylic acids is 1. The third-order valence-corrected chi connectivity index (χ3v) is 3.03. The van der Waals surface area contributed by atoms with Crippen LogP contribution in [0, 0.1) is 5.92 Å². The fourth-order valence-corrected chi connectivity index (χ4v) is 1.70. The van der Waals surface area contributed by atoms with Gasteiger partial charge in [0.05, 0.1) is 17.9 Å². The minimum Gasteiger partial charge on any atom is -0.481 e. The molecular formula is C14H16F3NO3. The zero-order valence-electron chi connectivity index (χ0n) is 11.4. The van der Waals surface area contributed by atoms with E-state index in [1.807, 2.05) is 0 Å². The Morgan fingerprint density at radius 1 is 1.24 bits per heavy atom. The molecule has 0 spiro atoms. The van der Waals surface area contributed by atoms with Crippen molar-refractivity contribution in [1.82, 2.24) is 5.32 Å². The second-order valence-electron chi connectivity index (χ2n) is 4.62. The first-order chi connectivity index (χ1) is 9.74. The molecule has 0 saturated carbocycles. The zero-order chi connectivity index (χ0) is 16.0. The molecule has 0 aliphatic heterocycles. The highest BCUT2D eigenvalue weighted by Crippen LogP contribution is 2.29. The third-order valence-electron chi connectivity index (χ3n) is 3.03. The number of halogens is 3. The Morgan fingerprint density at radius 3 is 2.24 bits per heavy atom. The molecule has 116 valence electrons. The van der Waals surface area contributed by atoms with Gasteiger partial charge in [-0.1, -0.05) is 19.1 Å². The van der Waals surface area contributed by atoms with Gasteiger partial charge in [0.1, 0.15) is 0 Å². The third kappa shape index (κ3) is 5.45. The van der Waals surface area contributed by atoms with Gasteiger partial charge >= 0.3 is 12.1 Å². The Labute approximate surface area is 120 Å². The van der Waals surface area contributed by atoms with E-state index in [-0.39, 0.29) is 13.0 Å². The first kappa shape index (κ1) is 17.0. The number of carbonyl (C=O) groups is 2. The summed E-state index contributed by atoms with van der Waals surface area (Å²) in [7, 11) is 0. The molecule has 0 aliphatic carbocycles. The van der Waals surface area contributed by atoms with Crippen LogP contribution in [0.25, 0.3) is 0 Å². The molecule has 2 N–H and O–H groups in total. The maximum Gasteiger partial charge on any atom is 0.416 e. The van der Waals surface area contributed by atoms with E-state index >= 15 is 0 Å². The summed E-state index contributed by atoms with van der Waals surface area (Å²) in [5.41, 5.74) is -0.340. The van der Waals surface area contributed by atoms with Crippen LogP contribution in [-0.2, 0) is 22.2 Å². The SMILES string of the molecule is CCC(CNC(=O)Cc1ccc(C(F)(F)F)cc1)C(=O)O. The summed E-state index contributed by atoms with van der Waals surface area (Å²) >= 11 is 0. The van der Waals surface area contributed by atoms with Crippen molar-refractivity contribution in [3.8, 4) is 0 Å². The first-order valence-corrected chi connectivity index (χ1v) is 6.39. The van der Waals surface area contributed by atoms with Crippen LogP contribution in [0.1, 0.15) is 24.5 Å². The predicted molar refractivity (Wildman–Crippen MR) is 69.6 cm³/mol. The van der Waals surface area contributed by atoms with Gasteiger partial charge < -0.3 is 10.4 Å². The lowest BCUT2D eigenvalue weighted by molar-refractivity contribution is -0.142. The van der Waals surface area contributed by atoms with Crippen LogP contribution in [0.3, 0.4) is 0 Å². The molecule has 0 saturated heterocycles. The number of benzene rings is 1. The summed E-state index contributed by atoms with van der Waals surface area (Å²) < 4.78 is 37.1. The zero-order valence-corrected chi connectivity index (χ0v) is 11.4. The fraction of sp³-hybridized carbons (Fsp3) is 0.429. The largest absolute Gasteiger partial charge is 0.481 e. The second-order valence-corrected chi connectivity index (χ2v) is 4.62. The van der Waals surface area contributed by atoms with Crippen molar-refractivity contribution in [1.29, 1.82) is 0 Å². The lowest BCUT2D eigenvalue weighted by atomic mass is 10.1. The van der Waals surface area contributed by atoms with Gasteiger partial charge in [-0.3, -0.25) is 9.59 Å². The standard InChI is InChI=1S/C14H16F3NO3/c1-2-10(13(20)21)8-18-12(19)7-9-3-5-11(6-4-9)14(15,16)17/h3-6,10H,2,7-8H2,1H3,(H,18,19)(H,20,21). The molecule has 0 heterocycles. The topological polar surface area (TPSA) is 66.4 Å². The summed E-state index contributed by atoms with van der Waals surface area (Å²) in [6.45, 7) is 1.70. The quantitative estimate of drug-likeness (QED) is 0.848. The van der Waals surface area contributed by atoms with Crippen molar-refractivity contribution in [3.05, 3.63) is 35.4 Å². The summed E-state index contributed by atoms with van der Waals surface area (Å²) in [5.74, 6) is -2.08. The van der Waals surface area contributed by atoms with Gasteiger partial charge in [-0.15, -0.1) is 0 Å². The maximum atomic E-state index is 12.4. The number of nitrogens with one attached hydrogen (secondary N) is 1. The average molecular weight is 303 g/mol. The molecule has 0 aliphatic rings. The summed E-state index contributed by atoms with van der Waals surface area (Å²) in [6, 6.07) is 4.29. The number of alkyl halides is 3. The molecule has 0 bridgehead atoms. The normalized spacial score (nSPS) is 12.8. The van der Waals surface area contributed by atoms with Crippen LogP contribution < -0.4 is 5.32 Å². The first-order valence-electron chi connectivity index (χ1n) is 6.39. The monoisotopic (exact) mass is 303 g/mol. The molecule has 1 unspecified atom stereocenters. The van der Waals surface area contributed by atoms with Crippen molar-refractivity contribution in [3.63, 3.8) is 0 Å².